The van der Waals surface area contributed by atoms with Crippen molar-refractivity contribution in [1.82, 2.24) is 19.9 Å². The molecule has 0 N–H and O–H groups in total. The highest BCUT2D eigenvalue weighted by molar-refractivity contribution is 5.92. The Morgan fingerprint density at radius 2 is 1.83 bits per heavy atom. The van der Waals surface area contributed by atoms with Crippen molar-refractivity contribution in [3.05, 3.63) is 48.2 Å². The van der Waals surface area contributed by atoms with E-state index < -0.39 is 0 Å². The van der Waals surface area contributed by atoms with Crippen molar-refractivity contribution < 1.29 is 4.79 Å². The third-order valence-electron chi connectivity index (χ3n) is 3.95. The van der Waals surface area contributed by atoms with Crippen molar-refractivity contribution in [2.75, 3.05) is 31.1 Å². The smallest absolute Gasteiger partial charge is 0.272 e. The Hall–Kier alpha value is -2.50. The Kier molecular flexibility index (Phi) is 4.50. The standard InChI is InChI=1S/C17H21N5O/c1-13(2)16-19-8-6-15(20-16)21-9-11-22(12-10-21)17(23)14-5-3-4-7-18-14/h3-8,13H,9-12H2,1-2H3. The maximum Gasteiger partial charge on any atom is 0.272 e. The molecule has 0 aromatic carbocycles. The molecule has 1 aliphatic heterocycles. The van der Waals surface area contributed by atoms with Crippen molar-refractivity contribution in [3.8, 4) is 0 Å². The van der Waals surface area contributed by atoms with Gasteiger partial charge in [0.15, 0.2) is 0 Å². The van der Waals surface area contributed by atoms with E-state index in [4.69, 9.17) is 0 Å². The van der Waals surface area contributed by atoms with Gasteiger partial charge in [-0.2, -0.15) is 0 Å². The topological polar surface area (TPSA) is 62.2 Å². The van der Waals surface area contributed by atoms with E-state index >= 15 is 0 Å². The van der Waals surface area contributed by atoms with Gasteiger partial charge in [0, 0.05) is 44.5 Å². The van der Waals surface area contributed by atoms with Crippen molar-refractivity contribution in [2.24, 2.45) is 0 Å². The maximum absolute atomic E-state index is 12.4. The number of pyridine rings is 1. The molecule has 2 aromatic rings. The van der Waals surface area contributed by atoms with Crippen LogP contribution in [0.1, 0.15) is 36.1 Å². The minimum absolute atomic E-state index is 0.00388. The van der Waals surface area contributed by atoms with E-state index in [0.717, 1.165) is 24.7 Å². The lowest BCUT2D eigenvalue weighted by atomic mass is 10.2. The van der Waals surface area contributed by atoms with Gasteiger partial charge in [-0.25, -0.2) is 9.97 Å². The maximum atomic E-state index is 12.4. The Morgan fingerprint density at radius 3 is 2.48 bits per heavy atom. The van der Waals surface area contributed by atoms with Crippen molar-refractivity contribution in [3.63, 3.8) is 0 Å². The van der Waals surface area contributed by atoms with Gasteiger partial charge in [-0.05, 0) is 18.2 Å². The van der Waals surface area contributed by atoms with Crippen LogP contribution >= 0.6 is 0 Å². The van der Waals surface area contributed by atoms with Crippen LogP contribution in [0.15, 0.2) is 36.7 Å². The lowest BCUT2D eigenvalue weighted by Gasteiger charge is -2.35. The summed E-state index contributed by atoms with van der Waals surface area (Å²) in [5, 5.41) is 0. The zero-order valence-electron chi connectivity index (χ0n) is 13.5. The van der Waals surface area contributed by atoms with Crippen LogP contribution in [-0.4, -0.2) is 51.9 Å². The molecule has 120 valence electrons. The highest BCUT2D eigenvalue weighted by Crippen LogP contribution is 2.17. The SMILES string of the molecule is CC(C)c1nccc(N2CCN(C(=O)c3ccccn3)CC2)n1. The number of rotatable bonds is 3. The third-order valence-corrected chi connectivity index (χ3v) is 3.95. The first-order chi connectivity index (χ1) is 11.1. The van der Waals surface area contributed by atoms with E-state index in [1.165, 1.54) is 0 Å². The molecule has 6 nitrogen and oxygen atoms in total. The summed E-state index contributed by atoms with van der Waals surface area (Å²) in [7, 11) is 0. The fourth-order valence-electron chi connectivity index (χ4n) is 2.61. The number of aromatic nitrogens is 3. The van der Waals surface area contributed by atoms with Crippen LogP contribution in [0.4, 0.5) is 5.82 Å². The number of piperazine rings is 1. The van der Waals surface area contributed by atoms with E-state index in [9.17, 15) is 4.79 Å². The van der Waals surface area contributed by atoms with Crippen molar-refractivity contribution in [1.29, 1.82) is 0 Å². The Morgan fingerprint density at radius 1 is 1.04 bits per heavy atom. The van der Waals surface area contributed by atoms with Crippen LogP contribution in [0.2, 0.25) is 0 Å². The first-order valence-electron chi connectivity index (χ1n) is 7.93. The molecule has 3 rings (SSSR count). The van der Waals surface area contributed by atoms with E-state index in [-0.39, 0.29) is 5.91 Å². The molecule has 1 saturated heterocycles. The molecule has 23 heavy (non-hydrogen) atoms. The predicted octanol–water partition coefficient (Wildman–Crippen LogP) is 1.96. The average molecular weight is 311 g/mol. The fourth-order valence-corrected chi connectivity index (χ4v) is 2.61. The largest absolute Gasteiger partial charge is 0.353 e. The number of anilines is 1. The summed E-state index contributed by atoms with van der Waals surface area (Å²) in [5.74, 6) is 2.10. The lowest BCUT2D eigenvalue weighted by Crippen LogP contribution is -2.49. The molecule has 1 amide bonds. The predicted molar refractivity (Wildman–Crippen MR) is 88.5 cm³/mol. The number of hydrogen-bond acceptors (Lipinski definition) is 5. The fraction of sp³-hybridized carbons (Fsp3) is 0.412. The number of amides is 1. The van der Waals surface area contributed by atoms with Gasteiger partial charge in [-0.1, -0.05) is 19.9 Å². The minimum Gasteiger partial charge on any atom is -0.353 e. The molecule has 0 unspecified atom stereocenters. The second-order valence-corrected chi connectivity index (χ2v) is 5.92. The lowest BCUT2D eigenvalue weighted by molar-refractivity contribution is 0.0740. The van der Waals surface area contributed by atoms with Crippen LogP contribution in [-0.2, 0) is 0 Å². The summed E-state index contributed by atoms with van der Waals surface area (Å²) in [6.07, 6.45) is 3.46. The highest BCUT2D eigenvalue weighted by atomic mass is 16.2. The van der Waals surface area contributed by atoms with Gasteiger partial charge in [0.25, 0.3) is 5.91 Å². The number of hydrogen-bond donors (Lipinski definition) is 0. The molecule has 0 bridgehead atoms. The number of carbonyl (C=O) groups is 1. The molecule has 6 heteroatoms. The first-order valence-corrected chi connectivity index (χ1v) is 7.93. The summed E-state index contributed by atoms with van der Waals surface area (Å²) in [6, 6.07) is 7.34. The average Bonchev–Trinajstić information content (AvgIpc) is 2.62. The minimum atomic E-state index is -0.00388. The molecular weight excluding hydrogens is 290 g/mol. The number of nitrogens with zero attached hydrogens (tertiary/aromatic N) is 5. The molecule has 0 spiro atoms. The summed E-state index contributed by atoms with van der Waals surface area (Å²) in [4.78, 5) is 29.5. The second-order valence-electron chi connectivity index (χ2n) is 5.92. The van der Waals surface area contributed by atoms with Crippen LogP contribution in [0.3, 0.4) is 0 Å². The summed E-state index contributed by atoms with van der Waals surface area (Å²) >= 11 is 0. The molecule has 0 atom stereocenters. The Labute approximate surface area is 136 Å². The number of carbonyl (C=O) groups excluding carboxylic acids is 1. The Balaban J connectivity index is 1.64. The third kappa shape index (κ3) is 3.47. The monoisotopic (exact) mass is 311 g/mol. The zero-order valence-corrected chi connectivity index (χ0v) is 13.5. The van der Waals surface area contributed by atoms with Crippen molar-refractivity contribution >= 4 is 11.7 Å². The van der Waals surface area contributed by atoms with Crippen LogP contribution in [0.25, 0.3) is 0 Å². The van der Waals surface area contributed by atoms with Gasteiger partial charge in [-0.3, -0.25) is 9.78 Å². The first kappa shape index (κ1) is 15.4. The van der Waals surface area contributed by atoms with Crippen LogP contribution in [0, 0.1) is 0 Å². The highest BCUT2D eigenvalue weighted by Gasteiger charge is 2.23. The zero-order chi connectivity index (χ0) is 16.2. The molecule has 2 aromatic heterocycles. The molecule has 0 radical (unpaired) electrons. The van der Waals surface area contributed by atoms with E-state index in [2.05, 4.69) is 33.7 Å². The van der Waals surface area contributed by atoms with E-state index in [1.54, 1.807) is 12.3 Å². The molecule has 0 aliphatic carbocycles. The van der Waals surface area contributed by atoms with Crippen LogP contribution in [0.5, 0.6) is 0 Å². The van der Waals surface area contributed by atoms with Gasteiger partial charge in [0.2, 0.25) is 0 Å². The van der Waals surface area contributed by atoms with Crippen LogP contribution < -0.4 is 4.90 Å². The summed E-state index contributed by atoms with van der Waals surface area (Å²) < 4.78 is 0. The second kappa shape index (κ2) is 6.73. The molecule has 1 fully saturated rings. The van der Waals surface area contributed by atoms with Gasteiger partial charge >= 0.3 is 0 Å². The normalized spacial score (nSPS) is 15.1. The summed E-state index contributed by atoms with van der Waals surface area (Å²) in [5.41, 5.74) is 0.505. The quantitative estimate of drug-likeness (QED) is 0.867. The molecule has 3 heterocycles. The van der Waals surface area contributed by atoms with E-state index in [1.807, 2.05) is 29.3 Å². The van der Waals surface area contributed by atoms with E-state index in [0.29, 0.717) is 24.7 Å². The van der Waals surface area contributed by atoms with Crippen molar-refractivity contribution in [2.45, 2.75) is 19.8 Å². The van der Waals surface area contributed by atoms with Gasteiger partial charge in [0.1, 0.15) is 17.3 Å². The van der Waals surface area contributed by atoms with Gasteiger partial charge in [0.05, 0.1) is 0 Å². The summed E-state index contributed by atoms with van der Waals surface area (Å²) in [6.45, 7) is 7.07. The Bertz CT molecular complexity index is 666. The molecule has 0 saturated carbocycles. The molecule has 1 aliphatic rings. The molecular formula is C17H21N5O. The van der Waals surface area contributed by atoms with Gasteiger partial charge in [-0.15, -0.1) is 0 Å². The van der Waals surface area contributed by atoms with Gasteiger partial charge < -0.3 is 9.80 Å².